The first kappa shape index (κ1) is 45.1. The van der Waals surface area contributed by atoms with E-state index in [0.717, 1.165) is 67.6 Å². The molecule has 0 fully saturated rings. The Bertz CT molecular complexity index is 1350. The minimum Gasteiger partial charge on any atom is -0.873 e. The topological polar surface area (TPSA) is 70.8 Å². The van der Waals surface area contributed by atoms with Gasteiger partial charge < -0.3 is 10.2 Å². The first-order valence-electron chi connectivity index (χ1n) is 19.7. The van der Waals surface area contributed by atoms with Crippen LogP contribution in [0.25, 0.3) is 0 Å². The molecule has 50 heavy (non-hydrogen) atoms. The van der Waals surface area contributed by atoms with Crippen molar-refractivity contribution in [3.8, 4) is 11.5 Å². The van der Waals surface area contributed by atoms with Gasteiger partial charge in [0.05, 0.1) is 17.1 Å². The zero-order valence-electron chi connectivity index (χ0n) is 32.2. The molecule has 0 unspecified atom stereocenters. The standard InChI is InChI=1S/C36H56N2.C9H12O2.Ni/c1-6-11-16-17-22-34(38-36-27-32(20-14-9-4)24-33(28-36)21-15-10-5)29-37-35-25-30(18-12-7-2)23-31(26-35)19-13-8-3;1-2-3-7-4-5-8(10)9(11)6-7;/h23-29H,6-22H2,1-5H3;4-6,10-11H,2-3H2,1H3;/q;;+2/p-2. The monoisotopic (exact) mass is 724 g/mol. The number of hydrogen-bond acceptors (Lipinski definition) is 4. The fourth-order valence-corrected chi connectivity index (χ4v) is 5.92. The minimum absolute atomic E-state index is 0. The Labute approximate surface area is 316 Å². The van der Waals surface area contributed by atoms with Gasteiger partial charge >= 0.3 is 16.5 Å². The van der Waals surface area contributed by atoms with Crippen LogP contribution in [0.4, 0.5) is 11.4 Å². The SMILES string of the molecule is CCCCCCC(C=Nc1cc(CCCC)cc(CCCC)c1)=Nc1cc(CCCC)cc(CCCC)c1.CCCc1ccc([O-])c([O-])c1.[Ni+2]. The number of hydrogen-bond donors (Lipinski definition) is 0. The van der Waals surface area contributed by atoms with Gasteiger partial charge in [-0.1, -0.05) is 123 Å². The third kappa shape index (κ3) is 18.9. The predicted octanol–water partition coefficient (Wildman–Crippen LogP) is 12.3. The molecule has 0 radical (unpaired) electrons. The Kier molecular flexibility index (Phi) is 25.1. The van der Waals surface area contributed by atoms with Crippen LogP contribution in [0.1, 0.15) is 159 Å². The molecule has 0 aromatic heterocycles. The molecule has 4 nitrogen and oxygen atoms in total. The van der Waals surface area contributed by atoms with E-state index < -0.39 is 11.5 Å². The maximum absolute atomic E-state index is 10.8. The molecule has 0 amide bonds. The second-order valence-electron chi connectivity index (χ2n) is 13.6. The molecule has 5 heteroatoms. The summed E-state index contributed by atoms with van der Waals surface area (Å²) in [6.45, 7) is 13.4. The van der Waals surface area contributed by atoms with Gasteiger partial charge in [0, 0.05) is 6.21 Å². The van der Waals surface area contributed by atoms with E-state index in [4.69, 9.17) is 9.98 Å². The van der Waals surface area contributed by atoms with Crippen molar-refractivity contribution in [2.24, 2.45) is 9.98 Å². The van der Waals surface area contributed by atoms with Gasteiger partial charge in [-0.05, 0) is 123 Å². The first-order chi connectivity index (χ1) is 23.8. The zero-order valence-corrected chi connectivity index (χ0v) is 33.2. The van der Waals surface area contributed by atoms with E-state index in [-0.39, 0.29) is 16.5 Å². The van der Waals surface area contributed by atoms with E-state index in [0.29, 0.717) is 0 Å². The van der Waals surface area contributed by atoms with Gasteiger partial charge in [0.15, 0.2) is 0 Å². The molecule has 3 rings (SSSR count). The van der Waals surface area contributed by atoms with Crippen LogP contribution < -0.4 is 10.2 Å². The van der Waals surface area contributed by atoms with Gasteiger partial charge in [-0.2, -0.15) is 0 Å². The van der Waals surface area contributed by atoms with E-state index in [1.54, 1.807) is 6.07 Å². The smallest absolute Gasteiger partial charge is 0.873 e. The predicted molar refractivity (Wildman–Crippen MR) is 211 cm³/mol. The summed E-state index contributed by atoms with van der Waals surface area (Å²) >= 11 is 0. The van der Waals surface area contributed by atoms with Crippen molar-refractivity contribution in [3.63, 3.8) is 0 Å². The van der Waals surface area contributed by atoms with Crippen molar-refractivity contribution < 1.29 is 26.7 Å². The summed E-state index contributed by atoms with van der Waals surface area (Å²) in [5.41, 5.74) is 10.0. The number of unbranched alkanes of at least 4 members (excludes halogenated alkanes) is 7. The van der Waals surface area contributed by atoms with Crippen molar-refractivity contribution in [2.75, 3.05) is 0 Å². The van der Waals surface area contributed by atoms with Crippen LogP contribution in [-0.2, 0) is 48.6 Å². The Hall–Kier alpha value is -2.91. The Morgan fingerprint density at radius 1 is 0.480 bits per heavy atom. The van der Waals surface area contributed by atoms with Crippen molar-refractivity contribution in [2.45, 2.75) is 164 Å². The molecule has 0 saturated carbocycles. The molecule has 0 N–H and O–H groups in total. The average molecular weight is 726 g/mol. The summed E-state index contributed by atoms with van der Waals surface area (Å²) in [5.74, 6) is -0.805. The molecular weight excluding hydrogens is 659 g/mol. The molecule has 0 heterocycles. The van der Waals surface area contributed by atoms with E-state index >= 15 is 0 Å². The Morgan fingerprint density at radius 2 is 0.960 bits per heavy atom. The molecule has 0 bridgehead atoms. The third-order valence-corrected chi connectivity index (χ3v) is 8.82. The van der Waals surface area contributed by atoms with E-state index in [1.165, 1.54) is 111 Å². The van der Waals surface area contributed by atoms with Gasteiger partial charge in [0.25, 0.3) is 0 Å². The Balaban J connectivity index is 0.000000883. The zero-order chi connectivity index (χ0) is 35.7. The summed E-state index contributed by atoms with van der Waals surface area (Å²) in [7, 11) is 0. The van der Waals surface area contributed by atoms with Crippen molar-refractivity contribution in [3.05, 3.63) is 82.4 Å². The van der Waals surface area contributed by atoms with Gasteiger partial charge in [-0.15, -0.1) is 11.5 Å². The second-order valence-corrected chi connectivity index (χ2v) is 13.6. The molecule has 0 aliphatic heterocycles. The number of rotatable bonds is 22. The fraction of sp³-hybridized carbons (Fsp3) is 0.556. The van der Waals surface area contributed by atoms with Crippen LogP contribution in [-0.4, -0.2) is 11.9 Å². The van der Waals surface area contributed by atoms with Crippen molar-refractivity contribution >= 4 is 23.3 Å². The van der Waals surface area contributed by atoms with Crippen LogP contribution in [0.15, 0.2) is 64.6 Å². The van der Waals surface area contributed by atoms with Crippen LogP contribution in [0.2, 0.25) is 0 Å². The molecule has 3 aromatic rings. The van der Waals surface area contributed by atoms with Gasteiger partial charge in [0.1, 0.15) is 0 Å². The van der Waals surface area contributed by atoms with Gasteiger partial charge in [-0.3, -0.25) is 9.98 Å². The third-order valence-electron chi connectivity index (χ3n) is 8.82. The van der Waals surface area contributed by atoms with Crippen LogP contribution >= 0.6 is 0 Å². The van der Waals surface area contributed by atoms with Crippen LogP contribution in [0.5, 0.6) is 11.5 Å². The number of nitrogens with zero attached hydrogens (tertiary/aromatic N) is 2. The normalized spacial score (nSPS) is 11.4. The van der Waals surface area contributed by atoms with Gasteiger partial charge in [0.2, 0.25) is 0 Å². The van der Waals surface area contributed by atoms with Gasteiger partial charge in [-0.25, -0.2) is 0 Å². The van der Waals surface area contributed by atoms with E-state index in [9.17, 15) is 10.2 Å². The molecule has 278 valence electrons. The van der Waals surface area contributed by atoms with Crippen molar-refractivity contribution in [1.29, 1.82) is 0 Å². The molecule has 0 atom stereocenters. The molecular formula is C45H66N2NiO2. The average Bonchev–Trinajstić information content (AvgIpc) is 3.10. The quantitative estimate of drug-likeness (QED) is 0.0588. The summed E-state index contributed by atoms with van der Waals surface area (Å²) in [5, 5.41) is 21.5. The summed E-state index contributed by atoms with van der Waals surface area (Å²) in [6.07, 6.45) is 24.3. The molecule has 0 aliphatic rings. The molecule has 3 aromatic carbocycles. The maximum atomic E-state index is 10.8. The molecule has 0 aliphatic carbocycles. The second kappa shape index (κ2) is 27.8. The summed E-state index contributed by atoms with van der Waals surface area (Å²) < 4.78 is 0. The first-order valence-corrected chi connectivity index (χ1v) is 19.7. The van der Waals surface area contributed by atoms with E-state index in [2.05, 4.69) is 77.2 Å². The number of aryl methyl sites for hydroxylation is 5. The number of aliphatic imine (C=N–C) groups is 2. The Morgan fingerprint density at radius 3 is 1.40 bits per heavy atom. The van der Waals surface area contributed by atoms with Crippen LogP contribution in [0.3, 0.4) is 0 Å². The molecule has 0 saturated heterocycles. The minimum atomic E-state index is -0.412. The van der Waals surface area contributed by atoms with Crippen molar-refractivity contribution in [1.82, 2.24) is 0 Å². The maximum Gasteiger partial charge on any atom is 2.00 e. The summed E-state index contributed by atoms with van der Waals surface area (Å²) in [4.78, 5) is 10.2. The molecule has 0 spiro atoms. The van der Waals surface area contributed by atoms with E-state index in [1.807, 2.05) is 6.92 Å². The summed E-state index contributed by atoms with van der Waals surface area (Å²) in [6, 6.07) is 18.5. The largest absolute Gasteiger partial charge is 2.00 e. The number of benzene rings is 3. The van der Waals surface area contributed by atoms with Crippen LogP contribution in [0, 0.1) is 0 Å². The fourth-order valence-electron chi connectivity index (χ4n) is 5.92.